The SMILES string of the molecule is CCCCOCCCN=C(NCC)NCCN(C)CC. The minimum Gasteiger partial charge on any atom is -0.381 e. The Balaban J connectivity index is 3.72. The van der Waals surface area contributed by atoms with Gasteiger partial charge in [-0.1, -0.05) is 20.3 Å². The highest BCUT2D eigenvalue weighted by molar-refractivity contribution is 5.79. The van der Waals surface area contributed by atoms with Crippen LogP contribution in [-0.2, 0) is 4.74 Å². The van der Waals surface area contributed by atoms with Gasteiger partial charge in [0.2, 0.25) is 0 Å². The Morgan fingerprint density at radius 2 is 1.85 bits per heavy atom. The van der Waals surface area contributed by atoms with Crippen LogP contribution in [0.15, 0.2) is 4.99 Å². The van der Waals surface area contributed by atoms with Gasteiger partial charge in [-0.2, -0.15) is 0 Å². The highest BCUT2D eigenvalue weighted by Gasteiger charge is 1.98. The molecule has 0 unspecified atom stereocenters. The summed E-state index contributed by atoms with van der Waals surface area (Å²) in [4.78, 5) is 6.83. The first kappa shape index (κ1) is 19.2. The summed E-state index contributed by atoms with van der Waals surface area (Å²) in [5, 5.41) is 6.62. The molecule has 5 heteroatoms. The number of ether oxygens (including phenoxy) is 1. The molecule has 0 bridgehead atoms. The average molecular weight is 286 g/mol. The van der Waals surface area contributed by atoms with E-state index in [0.717, 1.165) is 64.7 Å². The minimum atomic E-state index is 0.807. The Labute approximate surface area is 125 Å². The van der Waals surface area contributed by atoms with Crippen molar-refractivity contribution >= 4 is 5.96 Å². The van der Waals surface area contributed by atoms with Crippen LogP contribution >= 0.6 is 0 Å². The molecule has 2 N–H and O–H groups in total. The molecule has 5 nitrogen and oxygen atoms in total. The zero-order valence-corrected chi connectivity index (χ0v) is 13.9. The van der Waals surface area contributed by atoms with Crippen LogP contribution in [-0.4, -0.2) is 63.8 Å². The molecule has 0 saturated carbocycles. The maximum absolute atomic E-state index is 5.53. The molecule has 0 saturated heterocycles. The predicted molar refractivity (Wildman–Crippen MR) is 87.5 cm³/mol. The van der Waals surface area contributed by atoms with Crippen molar-refractivity contribution in [3.8, 4) is 0 Å². The van der Waals surface area contributed by atoms with Gasteiger partial charge in [0.15, 0.2) is 5.96 Å². The molecule has 0 aromatic heterocycles. The second-order valence-corrected chi connectivity index (χ2v) is 4.90. The lowest BCUT2D eigenvalue weighted by atomic mass is 10.4. The summed E-state index contributed by atoms with van der Waals surface area (Å²) >= 11 is 0. The summed E-state index contributed by atoms with van der Waals surface area (Å²) in [6.07, 6.45) is 3.33. The van der Waals surface area contributed by atoms with E-state index in [1.807, 2.05) is 0 Å². The summed E-state index contributed by atoms with van der Waals surface area (Å²) in [6, 6.07) is 0. The van der Waals surface area contributed by atoms with Gasteiger partial charge in [0.1, 0.15) is 0 Å². The Morgan fingerprint density at radius 3 is 2.50 bits per heavy atom. The fraction of sp³-hybridized carbons (Fsp3) is 0.933. The van der Waals surface area contributed by atoms with E-state index in [-0.39, 0.29) is 0 Å². The molecule has 0 aliphatic heterocycles. The molecule has 0 aromatic rings. The second kappa shape index (κ2) is 14.6. The highest BCUT2D eigenvalue weighted by Crippen LogP contribution is 1.90. The number of guanidine groups is 1. The molecule has 0 spiro atoms. The van der Waals surface area contributed by atoms with Crippen molar-refractivity contribution in [2.24, 2.45) is 4.99 Å². The number of aliphatic imine (C=N–C) groups is 1. The summed E-state index contributed by atoms with van der Waals surface area (Å²) in [5.41, 5.74) is 0. The van der Waals surface area contributed by atoms with Crippen molar-refractivity contribution in [1.29, 1.82) is 0 Å². The number of hydrogen-bond acceptors (Lipinski definition) is 3. The average Bonchev–Trinajstić information content (AvgIpc) is 2.46. The summed E-state index contributed by atoms with van der Waals surface area (Å²) < 4.78 is 5.53. The zero-order chi connectivity index (χ0) is 15.1. The van der Waals surface area contributed by atoms with Crippen molar-refractivity contribution in [3.05, 3.63) is 0 Å². The van der Waals surface area contributed by atoms with Gasteiger partial charge >= 0.3 is 0 Å². The summed E-state index contributed by atoms with van der Waals surface area (Å²) in [5.74, 6) is 0.908. The van der Waals surface area contributed by atoms with Crippen molar-refractivity contribution in [1.82, 2.24) is 15.5 Å². The lowest BCUT2D eigenvalue weighted by molar-refractivity contribution is 0.130. The van der Waals surface area contributed by atoms with E-state index in [1.54, 1.807) is 0 Å². The molecule has 0 aliphatic rings. The molecular weight excluding hydrogens is 252 g/mol. The monoisotopic (exact) mass is 286 g/mol. The van der Waals surface area contributed by atoms with E-state index in [2.05, 4.69) is 48.3 Å². The Hall–Kier alpha value is -0.810. The quantitative estimate of drug-likeness (QED) is 0.326. The van der Waals surface area contributed by atoms with Gasteiger partial charge in [0.25, 0.3) is 0 Å². The van der Waals surface area contributed by atoms with E-state index in [1.165, 1.54) is 6.42 Å². The topological polar surface area (TPSA) is 48.9 Å². The van der Waals surface area contributed by atoms with Gasteiger partial charge in [-0.05, 0) is 33.4 Å². The van der Waals surface area contributed by atoms with Crippen LogP contribution in [0.3, 0.4) is 0 Å². The molecule has 0 aliphatic carbocycles. The molecule has 0 radical (unpaired) electrons. The standard InChI is InChI=1S/C15H34N4O/c1-5-8-13-20-14-9-10-17-15(16-6-2)18-11-12-19(4)7-3/h5-14H2,1-4H3,(H2,16,17,18). The molecule has 0 heterocycles. The lowest BCUT2D eigenvalue weighted by Crippen LogP contribution is -2.41. The maximum atomic E-state index is 5.53. The van der Waals surface area contributed by atoms with Crippen molar-refractivity contribution in [2.75, 3.05) is 53.0 Å². The van der Waals surface area contributed by atoms with Gasteiger partial charge in [0, 0.05) is 39.4 Å². The van der Waals surface area contributed by atoms with Crippen LogP contribution in [0, 0.1) is 0 Å². The number of hydrogen-bond donors (Lipinski definition) is 2. The van der Waals surface area contributed by atoms with Gasteiger partial charge in [0.05, 0.1) is 0 Å². The zero-order valence-electron chi connectivity index (χ0n) is 13.9. The Bertz CT molecular complexity index is 234. The van der Waals surface area contributed by atoms with Crippen LogP contribution in [0.4, 0.5) is 0 Å². The molecule has 20 heavy (non-hydrogen) atoms. The first-order chi connectivity index (χ1) is 9.74. The van der Waals surface area contributed by atoms with Gasteiger partial charge in [-0.15, -0.1) is 0 Å². The van der Waals surface area contributed by atoms with Crippen LogP contribution in [0.1, 0.15) is 40.0 Å². The third kappa shape index (κ3) is 12.2. The molecule has 0 atom stereocenters. The predicted octanol–water partition coefficient (Wildman–Crippen LogP) is 1.70. The fourth-order valence-corrected chi connectivity index (χ4v) is 1.57. The van der Waals surface area contributed by atoms with Crippen LogP contribution in [0.25, 0.3) is 0 Å². The van der Waals surface area contributed by atoms with E-state index >= 15 is 0 Å². The van der Waals surface area contributed by atoms with E-state index in [9.17, 15) is 0 Å². The second-order valence-electron chi connectivity index (χ2n) is 4.90. The Morgan fingerprint density at radius 1 is 1.10 bits per heavy atom. The normalized spacial score (nSPS) is 11.9. The molecule has 120 valence electrons. The van der Waals surface area contributed by atoms with Gasteiger partial charge in [-0.25, -0.2) is 0 Å². The van der Waals surface area contributed by atoms with Crippen LogP contribution < -0.4 is 10.6 Å². The first-order valence-corrected chi connectivity index (χ1v) is 8.03. The highest BCUT2D eigenvalue weighted by atomic mass is 16.5. The Kier molecular flexibility index (Phi) is 14.0. The number of likely N-dealkylation sites (N-methyl/N-ethyl adjacent to an activating group) is 1. The van der Waals surface area contributed by atoms with E-state index in [4.69, 9.17) is 4.74 Å². The number of nitrogens with zero attached hydrogens (tertiary/aromatic N) is 2. The summed E-state index contributed by atoms with van der Waals surface area (Å²) in [6.45, 7) is 12.8. The smallest absolute Gasteiger partial charge is 0.191 e. The minimum absolute atomic E-state index is 0.807. The molecule has 0 fully saturated rings. The fourth-order valence-electron chi connectivity index (χ4n) is 1.57. The molecular formula is C15H34N4O. The summed E-state index contributed by atoms with van der Waals surface area (Å²) in [7, 11) is 2.12. The van der Waals surface area contributed by atoms with Gasteiger partial charge < -0.3 is 20.3 Å². The van der Waals surface area contributed by atoms with E-state index < -0.39 is 0 Å². The van der Waals surface area contributed by atoms with Crippen LogP contribution in [0.2, 0.25) is 0 Å². The van der Waals surface area contributed by atoms with Gasteiger partial charge in [-0.3, -0.25) is 4.99 Å². The molecule has 0 amide bonds. The van der Waals surface area contributed by atoms with E-state index in [0.29, 0.717) is 0 Å². The number of nitrogens with one attached hydrogen (secondary N) is 2. The number of rotatable bonds is 12. The largest absolute Gasteiger partial charge is 0.381 e. The number of unbranched alkanes of at least 4 members (excludes halogenated alkanes) is 1. The van der Waals surface area contributed by atoms with Crippen molar-refractivity contribution in [3.63, 3.8) is 0 Å². The van der Waals surface area contributed by atoms with Crippen molar-refractivity contribution in [2.45, 2.75) is 40.0 Å². The maximum Gasteiger partial charge on any atom is 0.191 e. The third-order valence-corrected chi connectivity index (χ3v) is 3.03. The lowest BCUT2D eigenvalue weighted by Gasteiger charge is -2.16. The molecule has 0 rings (SSSR count). The molecule has 0 aromatic carbocycles. The van der Waals surface area contributed by atoms with Crippen LogP contribution in [0.5, 0.6) is 0 Å². The third-order valence-electron chi connectivity index (χ3n) is 3.03. The van der Waals surface area contributed by atoms with Crippen molar-refractivity contribution < 1.29 is 4.74 Å². The first-order valence-electron chi connectivity index (χ1n) is 8.03.